The fourth-order valence-corrected chi connectivity index (χ4v) is 2.36. The summed E-state index contributed by atoms with van der Waals surface area (Å²) in [6.07, 6.45) is 1.82. The molecule has 0 atom stereocenters. The Labute approximate surface area is 98.3 Å². The van der Waals surface area contributed by atoms with Crippen LogP contribution in [0.25, 0.3) is 21.7 Å². The maximum absolute atomic E-state index is 4.49. The Morgan fingerprint density at radius 2 is 2.27 bits per heavy atom. The maximum Gasteiger partial charge on any atom is 0.150 e. The van der Waals surface area contributed by atoms with Gasteiger partial charge in [0.15, 0.2) is 0 Å². The number of fused-ring (bicyclic) bond motifs is 1. The molecule has 1 aromatic carbocycles. The van der Waals surface area contributed by atoms with Gasteiger partial charge >= 0.3 is 0 Å². The van der Waals surface area contributed by atoms with E-state index in [9.17, 15) is 0 Å². The van der Waals surface area contributed by atoms with Crippen LogP contribution in [0.4, 0.5) is 0 Å². The highest BCUT2D eigenvalue weighted by Crippen LogP contribution is 2.24. The van der Waals surface area contributed by atoms with Gasteiger partial charge in [0.2, 0.25) is 0 Å². The van der Waals surface area contributed by atoms with Crippen molar-refractivity contribution in [1.29, 1.82) is 0 Å². The van der Waals surface area contributed by atoms with Crippen LogP contribution < -0.4 is 0 Å². The molecule has 0 saturated carbocycles. The van der Waals surface area contributed by atoms with E-state index in [-0.39, 0.29) is 0 Å². The topological polar surface area (TPSA) is 41.6 Å². The Morgan fingerprint density at radius 1 is 1.33 bits per heavy atom. The molecule has 0 aliphatic heterocycles. The number of imidazole rings is 1. The predicted molar refractivity (Wildman–Crippen MR) is 64.9 cm³/mol. The highest BCUT2D eigenvalue weighted by molar-refractivity contribution is 9.10. The first kappa shape index (κ1) is 9.06. The Morgan fingerprint density at radius 3 is 3.07 bits per heavy atom. The van der Waals surface area contributed by atoms with E-state index in [1.807, 2.05) is 24.4 Å². The molecule has 0 bridgehead atoms. The van der Waals surface area contributed by atoms with Crippen molar-refractivity contribution in [3.05, 3.63) is 34.4 Å². The summed E-state index contributed by atoms with van der Waals surface area (Å²) < 4.78 is 1.05. The lowest BCUT2D eigenvalue weighted by atomic mass is 10.3. The van der Waals surface area contributed by atoms with Crippen LogP contribution >= 0.6 is 27.3 Å². The van der Waals surface area contributed by atoms with E-state index in [1.54, 1.807) is 16.8 Å². The van der Waals surface area contributed by atoms with Gasteiger partial charge in [0.05, 0.1) is 21.4 Å². The van der Waals surface area contributed by atoms with Crippen molar-refractivity contribution < 1.29 is 0 Å². The Bertz CT molecular complexity index is 600. The zero-order chi connectivity index (χ0) is 10.3. The van der Waals surface area contributed by atoms with Crippen molar-refractivity contribution >= 4 is 38.3 Å². The lowest BCUT2D eigenvalue weighted by Crippen LogP contribution is -1.72. The SMILES string of the molecule is Brc1ccc2nc(-c3cncs3)[nH]c2c1. The van der Waals surface area contributed by atoms with Crippen LogP contribution in [-0.4, -0.2) is 15.0 Å². The lowest BCUT2D eigenvalue weighted by molar-refractivity contribution is 1.34. The molecular weight excluding hydrogens is 274 g/mol. The number of H-pyrrole nitrogens is 1. The third-order valence-electron chi connectivity index (χ3n) is 2.11. The van der Waals surface area contributed by atoms with Crippen LogP contribution in [0.2, 0.25) is 0 Å². The Hall–Kier alpha value is -1.20. The fourth-order valence-electron chi connectivity index (χ4n) is 1.43. The molecule has 5 heteroatoms. The molecule has 15 heavy (non-hydrogen) atoms. The molecule has 0 aliphatic rings. The third-order valence-corrected chi connectivity index (χ3v) is 3.38. The van der Waals surface area contributed by atoms with Crippen molar-refractivity contribution in [2.45, 2.75) is 0 Å². The molecular formula is C10H6BrN3S. The summed E-state index contributed by atoms with van der Waals surface area (Å²) >= 11 is 5.01. The first-order valence-corrected chi connectivity index (χ1v) is 6.04. The minimum Gasteiger partial charge on any atom is -0.337 e. The number of rotatable bonds is 1. The van der Waals surface area contributed by atoms with Gasteiger partial charge < -0.3 is 4.98 Å². The number of nitrogens with zero attached hydrogens (tertiary/aromatic N) is 2. The van der Waals surface area contributed by atoms with Crippen molar-refractivity contribution in [1.82, 2.24) is 15.0 Å². The van der Waals surface area contributed by atoms with Crippen LogP contribution in [0, 0.1) is 0 Å². The van der Waals surface area contributed by atoms with Crippen LogP contribution in [0.3, 0.4) is 0 Å². The summed E-state index contributed by atoms with van der Waals surface area (Å²) in [5.41, 5.74) is 3.81. The number of halogens is 1. The highest BCUT2D eigenvalue weighted by Gasteiger charge is 2.06. The van der Waals surface area contributed by atoms with Crippen molar-refractivity contribution in [3.63, 3.8) is 0 Å². The zero-order valence-corrected chi connectivity index (χ0v) is 9.97. The monoisotopic (exact) mass is 279 g/mol. The van der Waals surface area contributed by atoms with E-state index in [0.717, 1.165) is 26.2 Å². The minimum absolute atomic E-state index is 0.880. The number of hydrogen-bond acceptors (Lipinski definition) is 3. The average Bonchev–Trinajstić information content (AvgIpc) is 2.84. The normalized spacial score (nSPS) is 11.0. The van der Waals surface area contributed by atoms with Crippen molar-refractivity contribution in [2.24, 2.45) is 0 Å². The van der Waals surface area contributed by atoms with Gasteiger partial charge in [-0.1, -0.05) is 15.9 Å². The summed E-state index contributed by atoms with van der Waals surface area (Å²) in [5.74, 6) is 0.880. The van der Waals surface area contributed by atoms with Crippen LogP contribution in [0.1, 0.15) is 0 Å². The number of nitrogens with one attached hydrogen (secondary N) is 1. The molecule has 0 radical (unpaired) electrons. The third kappa shape index (κ3) is 1.57. The minimum atomic E-state index is 0.880. The van der Waals surface area contributed by atoms with Gasteiger partial charge in [0.1, 0.15) is 5.82 Å². The van der Waals surface area contributed by atoms with E-state index >= 15 is 0 Å². The van der Waals surface area contributed by atoms with Gasteiger partial charge in [-0.25, -0.2) is 4.98 Å². The molecule has 3 nitrogen and oxygen atoms in total. The van der Waals surface area contributed by atoms with Gasteiger partial charge in [-0.05, 0) is 18.2 Å². The zero-order valence-electron chi connectivity index (χ0n) is 7.57. The summed E-state index contributed by atoms with van der Waals surface area (Å²) in [7, 11) is 0. The Kier molecular flexibility index (Phi) is 2.07. The molecule has 0 fully saturated rings. The first-order chi connectivity index (χ1) is 7.33. The molecule has 2 heterocycles. The summed E-state index contributed by atoms with van der Waals surface area (Å²) in [5, 5.41) is 0. The second-order valence-corrected chi connectivity index (χ2v) is 4.91. The van der Waals surface area contributed by atoms with Gasteiger partial charge in [-0.2, -0.15) is 0 Å². The van der Waals surface area contributed by atoms with Crippen molar-refractivity contribution in [2.75, 3.05) is 0 Å². The Balaban J connectivity index is 2.22. The van der Waals surface area contributed by atoms with Crippen LogP contribution in [0.5, 0.6) is 0 Å². The van der Waals surface area contributed by atoms with Crippen molar-refractivity contribution in [3.8, 4) is 10.7 Å². The van der Waals surface area contributed by atoms with E-state index in [2.05, 4.69) is 30.9 Å². The summed E-state index contributed by atoms with van der Waals surface area (Å²) in [6.45, 7) is 0. The molecule has 74 valence electrons. The predicted octanol–water partition coefficient (Wildman–Crippen LogP) is 3.45. The van der Waals surface area contributed by atoms with Crippen LogP contribution in [-0.2, 0) is 0 Å². The van der Waals surface area contributed by atoms with E-state index in [4.69, 9.17) is 0 Å². The van der Waals surface area contributed by atoms with E-state index < -0.39 is 0 Å². The van der Waals surface area contributed by atoms with Gasteiger partial charge in [-0.3, -0.25) is 4.98 Å². The highest BCUT2D eigenvalue weighted by atomic mass is 79.9. The fraction of sp³-hybridized carbons (Fsp3) is 0. The average molecular weight is 280 g/mol. The standard InChI is InChI=1S/C10H6BrN3S/c11-6-1-2-7-8(3-6)14-10(13-7)9-4-12-5-15-9/h1-5H,(H,13,14). The largest absolute Gasteiger partial charge is 0.337 e. The quantitative estimate of drug-likeness (QED) is 0.741. The molecule has 0 spiro atoms. The number of aromatic nitrogens is 3. The molecule has 0 amide bonds. The second kappa shape index (κ2) is 3.43. The van der Waals surface area contributed by atoms with Crippen LogP contribution in [0.15, 0.2) is 34.4 Å². The van der Waals surface area contributed by atoms with Gasteiger partial charge in [0.25, 0.3) is 0 Å². The molecule has 0 unspecified atom stereocenters. The van der Waals surface area contributed by atoms with E-state index in [1.165, 1.54) is 0 Å². The molecule has 2 aromatic heterocycles. The van der Waals surface area contributed by atoms with E-state index in [0.29, 0.717) is 0 Å². The maximum atomic E-state index is 4.49. The summed E-state index contributed by atoms with van der Waals surface area (Å²) in [4.78, 5) is 12.9. The van der Waals surface area contributed by atoms with Gasteiger partial charge in [-0.15, -0.1) is 11.3 Å². The number of benzene rings is 1. The first-order valence-electron chi connectivity index (χ1n) is 4.37. The molecule has 3 aromatic rings. The summed E-state index contributed by atoms with van der Waals surface area (Å²) in [6, 6.07) is 5.99. The molecule has 0 saturated heterocycles. The molecule has 0 aliphatic carbocycles. The molecule has 3 rings (SSSR count). The lowest BCUT2D eigenvalue weighted by Gasteiger charge is -1.87. The smallest absolute Gasteiger partial charge is 0.150 e. The number of hydrogen-bond donors (Lipinski definition) is 1. The van der Waals surface area contributed by atoms with Gasteiger partial charge in [0, 0.05) is 10.7 Å². The number of thiazole rings is 1. The molecule has 1 N–H and O–H groups in total. The number of aromatic amines is 1. The second-order valence-electron chi connectivity index (χ2n) is 3.11.